The summed E-state index contributed by atoms with van der Waals surface area (Å²) in [5, 5.41) is 0. The molecule has 0 radical (unpaired) electrons. The van der Waals surface area contributed by atoms with Gasteiger partial charge < -0.3 is 5.73 Å². The van der Waals surface area contributed by atoms with E-state index in [9.17, 15) is 0 Å². The zero-order valence-electron chi connectivity index (χ0n) is 11.8. The third kappa shape index (κ3) is 3.69. The molecule has 2 nitrogen and oxygen atoms in total. The van der Waals surface area contributed by atoms with E-state index in [2.05, 4.69) is 18.7 Å². The quantitative estimate of drug-likeness (QED) is 0.760. The zero-order chi connectivity index (χ0) is 12.3. The molecular weight excluding hydrogens is 208 g/mol. The Balaban J connectivity index is 1.97. The van der Waals surface area contributed by atoms with Crippen molar-refractivity contribution in [3.63, 3.8) is 0 Å². The first-order valence-corrected chi connectivity index (χ1v) is 7.58. The van der Waals surface area contributed by atoms with Gasteiger partial charge in [-0.05, 0) is 50.6 Å². The highest BCUT2D eigenvalue weighted by molar-refractivity contribution is 4.93. The molecule has 2 heteroatoms. The Kier molecular flexibility index (Phi) is 4.48. The molecule has 2 atom stereocenters. The molecule has 0 bridgehead atoms. The molecular formula is C15H30N2. The van der Waals surface area contributed by atoms with Crippen LogP contribution in [0.25, 0.3) is 0 Å². The smallest absolute Gasteiger partial charge is 0.0252 e. The average molecular weight is 238 g/mol. The molecule has 1 saturated heterocycles. The molecule has 0 spiro atoms. The van der Waals surface area contributed by atoms with Gasteiger partial charge in [0.15, 0.2) is 0 Å². The van der Waals surface area contributed by atoms with E-state index in [0.717, 1.165) is 0 Å². The Bertz CT molecular complexity index is 229. The van der Waals surface area contributed by atoms with Gasteiger partial charge in [0.2, 0.25) is 0 Å². The van der Waals surface area contributed by atoms with Crippen molar-refractivity contribution >= 4 is 0 Å². The van der Waals surface area contributed by atoms with E-state index in [-0.39, 0.29) is 0 Å². The molecule has 2 aliphatic rings. The lowest BCUT2D eigenvalue weighted by Crippen LogP contribution is -2.53. The predicted octanol–water partition coefficient (Wildman–Crippen LogP) is 3.16. The molecule has 1 aliphatic heterocycles. The van der Waals surface area contributed by atoms with Gasteiger partial charge in [-0.15, -0.1) is 0 Å². The van der Waals surface area contributed by atoms with Crippen molar-refractivity contribution in [2.24, 2.45) is 11.1 Å². The van der Waals surface area contributed by atoms with Gasteiger partial charge in [0.1, 0.15) is 0 Å². The van der Waals surface area contributed by atoms with Crippen molar-refractivity contribution in [1.29, 1.82) is 0 Å². The largest absolute Gasteiger partial charge is 0.326 e. The molecule has 1 aliphatic carbocycles. The monoisotopic (exact) mass is 238 g/mol. The number of hydrogen-bond acceptors (Lipinski definition) is 2. The summed E-state index contributed by atoms with van der Waals surface area (Å²) in [5.74, 6) is 0. The summed E-state index contributed by atoms with van der Waals surface area (Å²) >= 11 is 0. The van der Waals surface area contributed by atoms with Crippen LogP contribution in [0.3, 0.4) is 0 Å². The first-order valence-electron chi connectivity index (χ1n) is 7.58. The Morgan fingerprint density at radius 1 is 1.00 bits per heavy atom. The second-order valence-electron chi connectivity index (χ2n) is 6.94. The molecule has 2 unspecified atom stereocenters. The van der Waals surface area contributed by atoms with Crippen LogP contribution in [0, 0.1) is 5.41 Å². The maximum absolute atomic E-state index is 6.38. The minimum Gasteiger partial charge on any atom is -0.326 e. The lowest BCUT2D eigenvalue weighted by molar-refractivity contribution is 0.0717. The molecule has 2 fully saturated rings. The average Bonchev–Trinajstić information content (AvgIpc) is 2.22. The standard InChI is InChI=1S/C15H30N2/c1-15(2)9-8-13(16)14(12-15)17-10-6-4-3-5-7-11-17/h13-14H,3-12,16H2,1-2H3. The van der Waals surface area contributed by atoms with E-state index >= 15 is 0 Å². The van der Waals surface area contributed by atoms with Crippen LogP contribution in [0.2, 0.25) is 0 Å². The van der Waals surface area contributed by atoms with Crippen molar-refractivity contribution in [3.05, 3.63) is 0 Å². The van der Waals surface area contributed by atoms with E-state index in [1.807, 2.05) is 0 Å². The SMILES string of the molecule is CC1(C)CCC(N)C(N2CCCCCCC2)C1. The number of rotatable bonds is 1. The van der Waals surface area contributed by atoms with E-state index in [1.165, 1.54) is 64.5 Å². The Morgan fingerprint density at radius 3 is 2.24 bits per heavy atom. The normalized spacial score (nSPS) is 36.2. The summed E-state index contributed by atoms with van der Waals surface area (Å²) in [7, 11) is 0. The Morgan fingerprint density at radius 2 is 1.59 bits per heavy atom. The van der Waals surface area contributed by atoms with Crippen molar-refractivity contribution in [3.8, 4) is 0 Å². The highest BCUT2D eigenvalue weighted by Gasteiger charge is 2.36. The molecule has 17 heavy (non-hydrogen) atoms. The fourth-order valence-electron chi connectivity index (χ4n) is 3.57. The van der Waals surface area contributed by atoms with Gasteiger partial charge in [-0.1, -0.05) is 33.1 Å². The van der Waals surface area contributed by atoms with Crippen molar-refractivity contribution in [2.75, 3.05) is 13.1 Å². The summed E-state index contributed by atoms with van der Waals surface area (Å²) in [6.45, 7) is 7.40. The lowest BCUT2D eigenvalue weighted by Gasteiger charge is -2.45. The summed E-state index contributed by atoms with van der Waals surface area (Å²) < 4.78 is 0. The van der Waals surface area contributed by atoms with Gasteiger partial charge in [-0.2, -0.15) is 0 Å². The van der Waals surface area contributed by atoms with Crippen LogP contribution in [0.15, 0.2) is 0 Å². The van der Waals surface area contributed by atoms with Gasteiger partial charge in [0.25, 0.3) is 0 Å². The number of nitrogens with zero attached hydrogens (tertiary/aromatic N) is 1. The Hall–Kier alpha value is -0.0800. The number of hydrogen-bond donors (Lipinski definition) is 1. The van der Waals surface area contributed by atoms with Gasteiger partial charge in [0.05, 0.1) is 0 Å². The highest BCUT2D eigenvalue weighted by Crippen LogP contribution is 2.37. The van der Waals surface area contributed by atoms with Crippen molar-refractivity contribution < 1.29 is 0 Å². The molecule has 0 aromatic heterocycles. The van der Waals surface area contributed by atoms with Crippen LogP contribution < -0.4 is 5.73 Å². The molecule has 0 amide bonds. The molecule has 2 rings (SSSR count). The first kappa shape index (κ1) is 13.4. The minimum atomic E-state index is 0.419. The van der Waals surface area contributed by atoms with Crippen LogP contribution in [-0.2, 0) is 0 Å². The minimum absolute atomic E-state index is 0.419. The highest BCUT2D eigenvalue weighted by atomic mass is 15.2. The molecule has 2 N–H and O–H groups in total. The first-order chi connectivity index (χ1) is 8.08. The maximum atomic E-state index is 6.38. The maximum Gasteiger partial charge on any atom is 0.0252 e. The molecule has 1 heterocycles. The molecule has 100 valence electrons. The van der Waals surface area contributed by atoms with Gasteiger partial charge in [-0.25, -0.2) is 0 Å². The number of nitrogens with two attached hydrogens (primary N) is 1. The molecule has 0 aromatic carbocycles. The summed E-state index contributed by atoms with van der Waals surface area (Å²) in [6.07, 6.45) is 10.9. The van der Waals surface area contributed by atoms with Crippen molar-refractivity contribution in [2.45, 2.75) is 77.3 Å². The molecule has 1 saturated carbocycles. The molecule has 0 aromatic rings. The summed E-state index contributed by atoms with van der Waals surface area (Å²) in [6, 6.07) is 1.07. The third-order valence-corrected chi connectivity index (χ3v) is 4.77. The second kappa shape index (κ2) is 5.71. The second-order valence-corrected chi connectivity index (χ2v) is 6.94. The summed E-state index contributed by atoms with van der Waals surface area (Å²) in [5.41, 5.74) is 6.88. The fourth-order valence-corrected chi connectivity index (χ4v) is 3.57. The van der Waals surface area contributed by atoms with Crippen LogP contribution in [-0.4, -0.2) is 30.1 Å². The van der Waals surface area contributed by atoms with E-state index in [4.69, 9.17) is 5.73 Å². The fraction of sp³-hybridized carbons (Fsp3) is 1.00. The number of likely N-dealkylation sites (tertiary alicyclic amines) is 1. The Labute approximate surface area is 107 Å². The topological polar surface area (TPSA) is 29.3 Å². The van der Waals surface area contributed by atoms with Crippen LogP contribution in [0.4, 0.5) is 0 Å². The third-order valence-electron chi connectivity index (χ3n) is 4.77. The van der Waals surface area contributed by atoms with Gasteiger partial charge in [-0.3, -0.25) is 4.90 Å². The zero-order valence-corrected chi connectivity index (χ0v) is 11.8. The summed E-state index contributed by atoms with van der Waals surface area (Å²) in [4.78, 5) is 2.71. The van der Waals surface area contributed by atoms with Crippen LogP contribution in [0.5, 0.6) is 0 Å². The van der Waals surface area contributed by atoms with Crippen LogP contribution in [0.1, 0.15) is 65.2 Å². The van der Waals surface area contributed by atoms with Gasteiger partial charge >= 0.3 is 0 Å². The van der Waals surface area contributed by atoms with Crippen molar-refractivity contribution in [1.82, 2.24) is 4.90 Å². The van der Waals surface area contributed by atoms with E-state index in [1.54, 1.807) is 0 Å². The lowest BCUT2D eigenvalue weighted by atomic mass is 9.72. The van der Waals surface area contributed by atoms with E-state index < -0.39 is 0 Å². The van der Waals surface area contributed by atoms with E-state index in [0.29, 0.717) is 17.5 Å². The van der Waals surface area contributed by atoms with Crippen LogP contribution >= 0.6 is 0 Å². The predicted molar refractivity (Wildman–Crippen MR) is 74.1 cm³/mol. The van der Waals surface area contributed by atoms with Gasteiger partial charge in [0, 0.05) is 12.1 Å².